The number of nitrogens with one attached hydrogen (secondary N) is 2. The van der Waals surface area contributed by atoms with E-state index in [4.69, 9.17) is 11.0 Å². The molecule has 0 saturated carbocycles. The van der Waals surface area contributed by atoms with Crippen molar-refractivity contribution in [1.29, 1.82) is 5.26 Å². The molecule has 0 bridgehead atoms. The smallest absolute Gasteiger partial charge is 0.316 e. The van der Waals surface area contributed by atoms with Crippen LogP contribution in [0.5, 0.6) is 0 Å². The van der Waals surface area contributed by atoms with Gasteiger partial charge in [0.1, 0.15) is 4.21 Å². The maximum atomic E-state index is 11.3. The number of nitrogens with two attached hydrogens (primary N) is 1. The Morgan fingerprint density at radius 2 is 1.93 bits per heavy atom. The Hall–Kier alpha value is -2.41. The minimum Gasteiger partial charge on any atom is -0.386 e. The summed E-state index contributed by atoms with van der Waals surface area (Å²) in [6, 6.07) is 3.50. The van der Waals surface area contributed by atoms with Crippen molar-refractivity contribution in [2.24, 2.45) is 5.73 Å². The molecule has 1 heterocycles. The first-order valence-electron chi connectivity index (χ1n) is 9.31. The van der Waals surface area contributed by atoms with Gasteiger partial charge in [-0.3, -0.25) is 0 Å². The highest BCUT2D eigenvalue weighted by atomic mass is 32.2. The summed E-state index contributed by atoms with van der Waals surface area (Å²) in [5, 5.41) is 22.4. The number of nitrogens with zero attached hydrogens (tertiary/aromatic N) is 1. The van der Waals surface area contributed by atoms with E-state index in [2.05, 4.69) is 16.1 Å². The fourth-order valence-electron chi connectivity index (χ4n) is 3.54. The van der Waals surface area contributed by atoms with Crippen LogP contribution in [0.3, 0.4) is 0 Å². The molecule has 2 amide bonds. The van der Waals surface area contributed by atoms with Gasteiger partial charge in [0, 0.05) is 5.69 Å². The van der Waals surface area contributed by atoms with E-state index in [9.17, 15) is 14.1 Å². The Bertz CT molecular complexity index is 1000. The van der Waals surface area contributed by atoms with Crippen molar-refractivity contribution < 1.29 is 14.1 Å². The standard InChI is InChI=1S/C12H14N2O.C8H10N2O2S2/c13-12(15)14-11-9-3-1-2-7(9)6-8-4-5-10(8)11;1-8(2,11)6-3-7(13-4-6)14(12)10-5-9/h6H,1-5H2,(H3,13,14,15);3-4,10-11H,1-2H3. The van der Waals surface area contributed by atoms with Crippen molar-refractivity contribution in [3.05, 3.63) is 45.3 Å². The molecule has 1 aromatic heterocycles. The molecular formula is C20H24N4O3S2. The average Bonchev–Trinajstić information content (AvgIpc) is 3.27. The summed E-state index contributed by atoms with van der Waals surface area (Å²) in [5.41, 5.74) is 11.5. The molecular weight excluding hydrogens is 408 g/mol. The topological polar surface area (TPSA) is 128 Å². The number of hydrogen-bond acceptors (Lipinski definition) is 5. The number of fused-ring (bicyclic) bond motifs is 2. The lowest BCUT2D eigenvalue weighted by atomic mass is 9.83. The van der Waals surface area contributed by atoms with Crippen molar-refractivity contribution in [3.63, 3.8) is 0 Å². The Morgan fingerprint density at radius 1 is 1.24 bits per heavy atom. The van der Waals surface area contributed by atoms with Gasteiger partial charge in [-0.05, 0) is 85.2 Å². The van der Waals surface area contributed by atoms with E-state index in [-0.39, 0.29) is 0 Å². The van der Waals surface area contributed by atoms with Gasteiger partial charge in [-0.1, -0.05) is 6.07 Å². The highest BCUT2D eigenvalue weighted by molar-refractivity contribution is 7.85. The second-order valence-corrected chi connectivity index (χ2v) is 9.92. The van der Waals surface area contributed by atoms with Crippen molar-refractivity contribution >= 4 is 34.0 Å². The Kier molecular flexibility index (Phi) is 6.27. The summed E-state index contributed by atoms with van der Waals surface area (Å²) in [4.78, 5) is 11.0. The number of aliphatic hydroxyl groups is 1. The first kappa shape index (κ1) is 21.3. The zero-order chi connectivity index (χ0) is 21.2. The van der Waals surface area contributed by atoms with Crippen LogP contribution in [0.25, 0.3) is 0 Å². The van der Waals surface area contributed by atoms with Gasteiger partial charge in [0.2, 0.25) is 0 Å². The molecule has 0 spiro atoms. The number of thiophene rings is 1. The zero-order valence-electron chi connectivity index (χ0n) is 16.4. The van der Waals surface area contributed by atoms with Crippen molar-refractivity contribution in [3.8, 4) is 6.19 Å². The molecule has 0 saturated heterocycles. The number of amides is 2. The van der Waals surface area contributed by atoms with Crippen molar-refractivity contribution in [1.82, 2.24) is 4.72 Å². The number of primary amides is 1. The largest absolute Gasteiger partial charge is 0.386 e. The fourth-order valence-corrected chi connectivity index (χ4v) is 5.37. The van der Waals surface area contributed by atoms with E-state index in [1.165, 1.54) is 40.0 Å². The molecule has 2 aliphatic rings. The van der Waals surface area contributed by atoms with Crippen LogP contribution in [0.15, 0.2) is 21.7 Å². The van der Waals surface area contributed by atoms with Gasteiger partial charge in [-0.25, -0.2) is 13.7 Å². The molecule has 1 aromatic carbocycles. The third-order valence-corrected chi connectivity index (χ3v) is 7.32. The van der Waals surface area contributed by atoms with Gasteiger partial charge >= 0.3 is 6.03 Å². The highest BCUT2D eigenvalue weighted by Gasteiger charge is 2.26. The monoisotopic (exact) mass is 432 g/mol. The summed E-state index contributed by atoms with van der Waals surface area (Å²) in [6.07, 6.45) is 7.27. The molecule has 2 aliphatic carbocycles. The number of carbonyl (C=O) groups excluding carboxylic acids is 1. The first-order valence-corrected chi connectivity index (χ1v) is 11.3. The van der Waals surface area contributed by atoms with Crippen LogP contribution in [0, 0.1) is 11.5 Å². The summed E-state index contributed by atoms with van der Waals surface area (Å²) in [5.74, 6) is 0. The highest BCUT2D eigenvalue weighted by Crippen LogP contribution is 2.39. The molecule has 1 unspecified atom stereocenters. The Labute approximate surface area is 176 Å². The number of anilines is 1. The number of urea groups is 1. The van der Waals surface area contributed by atoms with E-state index in [0.717, 1.165) is 31.4 Å². The molecule has 0 aliphatic heterocycles. The van der Waals surface area contributed by atoms with Crippen LogP contribution in [-0.4, -0.2) is 15.3 Å². The van der Waals surface area contributed by atoms with E-state index in [0.29, 0.717) is 9.77 Å². The summed E-state index contributed by atoms with van der Waals surface area (Å²) in [7, 11) is -1.50. The molecule has 4 rings (SSSR count). The normalized spacial score (nSPS) is 15.0. The van der Waals surface area contributed by atoms with Crippen molar-refractivity contribution in [2.45, 2.75) is 55.8 Å². The average molecular weight is 433 g/mol. The van der Waals surface area contributed by atoms with E-state index >= 15 is 0 Å². The van der Waals surface area contributed by atoms with Crippen LogP contribution in [0.2, 0.25) is 0 Å². The lowest BCUT2D eigenvalue weighted by Gasteiger charge is -2.25. The quantitative estimate of drug-likeness (QED) is 0.437. The molecule has 1 atom stereocenters. The van der Waals surface area contributed by atoms with Crippen LogP contribution < -0.4 is 15.8 Å². The fraction of sp³-hybridized carbons (Fsp3) is 0.400. The maximum absolute atomic E-state index is 11.3. The van der Waals surface area contributed by atoms with Crippen LogP contribution in [0.4, 0.5) is 10.5 Å². The number of nitriles is 1. The Balaban J connectivity index is 0.000000166. The molecule has 2 aromatic rings. The van der Waals surface area contributed by atoms with E-state index in [1.54, 1.807) is 31.5 Å². The second-order valence-electron chi connectivity index (χ2n) is 7.57. The number of benzene rings is 1. The minimum atomic E-state index is -1.50. The Morgan fingerprint density at radius 3 is 2.48 bits per heavy atom. The SMILES string of the molecule is CC(C)(O)c1csc(S(=O)NC#N)c1.NC(=O)Nc1c2c(cc3c1CC3)CCC2. The number of aryl methyl sites for hydroxylation is 2. The molecule has 154 valence electrons. The van der Waals surface area contributed by atoms with Gasteiger partial charge < -0.3 is 16.2 Å². The number of hydrogen-bond donors (Lipinski definition) is 4. The predicted molar refractivity (Wildman–Crippen MR) is 114 cm³/mol. The van der Waals surface area contributed by atoms with Gasteiger partial charge in [-0.2, -0.15) is 5.26 Å². The molecule has 5 N–H and O–H groups in total. The molecule has 7 nitrogen and oxygen atoms in total. The molecule has 29 heavy (non-hydrogen) atoms. The molecule has 9 heteroatoms. The lowest BCUT2D eigenvalue weighted by molar-refractivity contribution is 0.0789. The van der Waals surface area contributed by atoms with Crippen LogP contribution >= 0.6 is 11.3 Å². The molecule has 0 fully saturated rings. The first-order chi connectivity index (χ1) is 13.7. The summed E-state index contributed by atoms with van der Waals surface area (Å²) >= 11 is 1.25. The van der Waals surface area contributed by atoms with E-state index in [1.807, 2.05) is 0 Å². The summed E-state index contributed by atoms with van der Waals surface area (Å²) < 4.78 is 14.0. The summed E-state index contributed by atoms with van der Waals surface area (Å²) in [6.45, 7) is 3.30. The minimum absolute atomic E-state index is 0.440. The van der Waals surface area contributed by atoms with E-state index < -0.39 is 22.6 Å². The van der Waals surface area contributed by atoms with Crippen molar-refractivity contribution in [2.75, 3.05) is 5.32 Å². The third kappa shape index (κ3) is 4.78. The van der Waals surface area contributed by atoms with Gasteiger partial charge in [0.25, 0.3) is 0 Å². The predicted octanol–water partition coefficient (Wildman–Crippen LogP) is 2.83. The lowest BCUT2D eigenvalue weighted by Crippen LogP contribution is -2.24. The van der Waals surface area contributed by atoms with Gasteiger partial charge in [-0.15, -0.1) is 11.3 Å². The molecule has 0 radical (unpaired) electrons. The second kappa shape index (κ2) is 8.53. The number of carbonyl (C=O) groups is 1. The number of rotatable bonds is 4. The van der Waals surface area contributed by atoms with Crippen LogP contribution in [0.1, 0.15) is 48.1 Å². The van der Waals surface area contributed by atoms with Gasteiger partial charge in [0.05, 0.1) is 5.60 Å². The zero-order valence-corrected chi connectivity index (χ0v) is 18.0. The maximum Gasteiger partial charge on any atom is 0.316 e. The van der Waals surface area contributed by atoms with Crippen LogP contribution in [-0.2, 0) is 42.3 Å². The van der Waals surface area contributed by atoms with Gasteiger partial charge in [0.15, 0.2) is 17.2 Å². The third-order valence-electron chi connectivity index (χ3n) is 5.10.